The van der Waals surface area contributed by atoms with Crippen molar-refractivity contribution in [2.24, 2.45) is 0 Å². The van der Waals surface area contributed by atoms with Crippen molar-refractivity contribution in [3.05, 3.63) is 64.2 Å². The van der Waals surface area contributed by atoms with Gasteiger partial charge in [0.1, 0.15) is 10.7 Å². The lowest BCUT2D eigenvalue weighted by Crippen LogP contribution is -2.37. The van der Waals surface area contributed by atoms with Gasteiger partial charge in [-0.05, 0) is 30.3 Å². The largest absolute Gasteiger partial charge is 0.451 e. The lowest BCUT2D eigenvalue weighted by atomic mass is 10.2. The fourth-order valence-corrected chi connectivity index (χ4v) is 3.64. The number of nitrogens with one attached hydrogen (secondary N) is 1. The lowest BCUT2D eigenvalue weighted by molar-refractivity contribution is -0.136. The van der Waals surface area contributed by atoms with Gasteiger partial charge in [-0.2, -0.15) is 0 Å². The Bertz CT molecular complexity index is 1090. The molecule has 29 heavy (non-hydrogen) atoms. The third-order valence-corrected chi connectivity index (χ3v) is 5.40. The van der Waals surface area contributed by atoms with E-state index in [2.05, 4.69) is 5.32 Å². The Kier molecular flexibility index (Phi) is 6.46. The van der Waals surface area contributed by atoms with Crippen LogP contribution in [0, 0.1) is 5.82 Å². The van der Waals surface area contributed by atoms with Crippen LogP contribution in [0.5, 0.6) is 0 Å². The van der Waals surface area contributed by atoms with Crippen LogP contribution >= 0.6 is 22.9 Å². The number of thiophene rings is 1. The van der Waals surface area contributed by atoms with Crippen molar-refractivity contribution in [3.8, 4) is 0 Å². The summed E-state index contributed by atoms with van der Waals surface area (Å²) < 4.78 is 19.3. The van der Waals surface area contributed by atoms with Crippen molar-refractivity contribution >= 4 is 56.5 Å². The predicted molar refractivity (Wildman–Crippen MR) is 110 cm³/mol. The molecule has 9 heteroatoms. The van der Waals surface area contributed by atoms with Crippen LogP contribution in [0.2, 0.25) is 5.02 Å². The molecule has 6 nitrogen and oxygen atoms in total. The number of benzene rings is 2. The number of rotatable bonds is 6. The molecule has 0 unspecified atom stereocenters. The first-order valence-electron chi connectivity index (χ1n) is 8.48. The maximum atomic E-state index is 13.7. The van der Waals surface area contributed by atoms with E-state index in [1.807, 2.05) is 0 Å². The summed E-state index contributed by atoms with van der Waals surface area (Å²) >= 11 is 7.05. The van der Waals surface area contributed by atoms with Crippen molar-refractivity contribution in [1.82, 2.24) is 4.90 Å². The van der Waals surface area contributed by atoms with Crippen molar-refractivity contribution in [1.29, 1.82) is 0 Å². The van der Waals surface area contributed by atoms with Gasteiger partial charge >= 0.3 is 5.97 Å². The van der Waals surface area contributed by atoms with Gasteiger partial charge in [0, 0.05) is 17.1 Å². The number of amides is 2. The van der Waals surface area contributed by atoms with E-state index in [0.717, 1.165) is 16.2 Å². The normalized spacial score (nSPS) is 10.6. The maximum absolute atomic E-state index is 13.7. The minimum absolute atomic E-state index is 0.192. The quantitative estimate of drug-likeness (QED) is 0.596. The zero-order chi connectivity index (χ0) is 21.0. The molecule has 1 heterocycles. The fourth-order valence-electron chi connectivity index (χ4n) is 2.49. The number of carbonyl (C=O) groups excluding carboxylic acids is 3. The number of ether oxygens (including phenoxy) is 1. The summed E-state index contributed by atoms with van der Waals surface area (Å²) in [5, 5.41) is 3.30. The first kappa shape index (κ1) is 20.8. The summed E-state index contributed by atoms with van der Waals surface area (Å²) in [5.74, 6) is -2.16. The number of likely N-dealkylation sites (N-methyl/N-ethyl adjacent to an activating group) is 1. The lowest BCUT2D eigenvalue weighted by Gasteiger charge is -2.17. The SMILES string of the molecule is CN(CC(=O)Nc1ccccc1Cl)C(=O)COC(=O)c1cc2c(F)cccc2s1. The van der Waals surface area contributed by atoms with Gasteiger partial charge in [0.2, 0.25) is 5.91 Å². The third-order valence-electron chi connectivity index (χ3n) is 3.99. The second-order valence-corrected chi connectivity index (χ2v) is 7.61. The predicted octanol–water partition coefficient (Wildman–Crippen LogP) is 3.95. The summed E-state index contributed by atoms with van der Waals surface area (Å²) in [6, 6.07) is 12.6. The van der Waals surface area contributed by atoms with Gasteiger partial charge in [0.05, 0.1) is 17.3 Å². The standard InChI is InChI=1S/C20H16ClFN2O4S/c1-24(10-18(25)23-15-7-3-2-5-13(15)21)19(26)11-28-20(27)17-9-12-14(22)6-4-8-16(12)29-17/h2-9H,10-11H2,1H3,(H,23,25). The molecule has 1 N–H and O–H groups in total. The highest BCUT2D eigenvalue weighted by molar-refractivity contribution is 7.20. The molecule has 0 spiro atoms. The van der Waals surface area contributed by atoms with Crippen molar-refractivity contribution < 1.29 is 23.5 Å². The topological polar surface area (TPSA) is 75.7 Å². The van der Waals surface area contributed by atoms with Crippen LogP contribution in [0.1, 0.15) is 9.67 Å². The van der Waals surface area contributed by atoms with Gasteiger partial charge in [-0.15, -0.1) is 11.3 Å². The molecule has 1 aromatic heterocycles. The van der Waals surface area contributed by atoms with E-state index in [-0.39, 0.29) is 11.4 Å². The monoisotopic (exact) mass is 434 g/mol. The summed E-state index contributed by atoms with van der Waals surface area (Å²) in [4.78, 5) is 37.7. The number of fused-ring (bicyclic) bond motifs is 1. The van der Waals surface area contributed by atoms with Gasteiger partial charge < -0.3 is 15.0 Å². The number of nitrogens with zero attached hydrogens (tertiary/aromatic N) is 1. The Morgan fingerprint density at radius 2 is 1.93 bits per heavy atom. The van der Waals surface area contributed by atoms with Crippen molar-refractivity contribution in [3.63, 3.8) is 0 Å². The summed E-state index contributed by atoms with van der Waals surface area (Å²) in [5.41, 5.74) is 0.434. The Morgan fingerprint density at radius 1 is 1.17 bits per heavy atom. The van der Waals surface area contributed by atoms with Crippen LogP contribution < -0.4 is 5.32 Å². The molecule has 3 aromatic rings. The first-order valence-corrected chi connectivity index (χ1v) is 9.68. The molecule has 2 amide bonds. The number of esters is 1. The van der Waals surface area contributed by atoms with E-state index in [9.17, 15) is 18.8 Å². The van der Waals surface area contributed by atoms with E-state index in [1.54, 1.807) is 36.4 Å². The Morgan fingerprint density at radius 3 is 2.66 bits per heavy atom. The summed E-state index contributed by atoms with van der Waals surface area (Å²) in [6.07, 6.45) is 0. The molecular weight excluding hydrogens is 419 g/mol. The molecule has 0 saturated carbocycles. The maximum Gasteiger partial charge on any atom is 0.348 e. The fraction of sp³-hybridized carbons (Fsp3) is 0.150. The van der Waals surface area contributed by atoms with E-state index < -0.39 is 30.2 Å². The molecule has 0 radical (unpaired) electrons. The Hall–Kier alpha value is -2.97. The highest BCUT2D eigenvalue weighted by Gasteiger charge is 2.18. The highest BCUT2D eigenvalue weighted by Crippen LogP contribution is 2.28. The molecule has 0 aliphatic carbocycles. The van der Waals surface area contributed by atoms with E-state index in [1.165, 1.54) is 19.2 Å². The smallest absolute Gasteiger partial charge is 0.348 e. The first-order chi connectivity index (χ1) is 13.8. The van der Waals surface area contributed by atoms with Crippen LogP contribution in [0.25, 0.3) is 10.1 Å². The van der Waals surface area contributed by atoms with Crippen LogP contribution in [-0.4, -0.2) is 42.9 Å². The average Bonchev–Trinajstić information content (AvgIpc) is 3.13. The summed E-state index contributed by atoms with van der Waals surface area (Å²) in [6.45, 7) is -0.777. The van der Waals surface area contributed by atoms with Crippen LogP contribution in [0.4, 0.5) is 10.1 Å². The minimum Gasteiger partial charge on any atom is -0.451 e. The molecule has 0 aliphatic heterocycles. The molecule has 0 saturated heterocycles. The van der Waals surface area contributed by atoms with Crippen molar-refractivity contribution in [2.45, 2.75) is 0 Å². The van der Waals surface area contributed by atoms with Crippen LogP contribution in [0.15, 0.2) is 48.5 Å². The molecule has 0 fully saturated rings. The average molecular weight is 435 g/mol. The van der Waals surface area contributed by atoms with Crippen LogP contribution in [0.3, 0.4) is 0 Å². The number of halogens is 2. The number of carbonyl (C=O) groups is 3. The Labute approximate surface area is 174 Å². The highest BCUT2D eigenvalue weighted by atomic mass is 35.5. The number of hydrogen-bond donors (Lipinski definition) is 1. The van der Waals surface area contributed by atoms with E-state index >= 15 is 0 Å². The number of para-hydroxylation sites is 1. The van der Waals surface area contributed by atoms with Gasteiger partial charge in [-0.3, -0.25) is 9.59 Å². The van der Waals surface area contributed by atoms with E-state index in [0.29, 0.717) is 20.8 Å². The molecular formula is C20H16ClFN2O4S. The summed E-state index contributed by atoms with van der Waals surface area (Å²) in [7, 11) is 1.41. The van der Waals surface area contributed by atoms with Crippen molar-refractivity contribution in [2.75, 3.05) is 25.5 Å². The second-order valence-electron chi connectivity index (χ2n) is 6.12. The van der Waals surface area contributed by atoms with E-state index in [4.69, 9.17) is 16.3 Å². The molecule has 0 bridgehead atoms. The molecule has 0 aliphatic rings. The molecule has 2 aromatic carbocycles. The minimum atomic E-state index is -0.729. The third kappa shape index (κ3) is 5.10. The number of anilines is 1. The number of hydrogen-bond acceptors (Lipinski definition) is 5. The van der Waals surface area contributed by atoms with Crippen LogP contribution in [-0.2, 0) is 14.3 Å². The second kappa shape index (κ2) is 9.02. The van der Waals surface area contributed by atoms with Gasteiger partial charge in [0.25, 0.3) is 5.91 Å². The zero-order valence-corrected chi connectivity index (χ0v) is 16.8. The Balaban J connectivity index is 1.52. The molecule has 150 valence electrons. The molecule has 0 atom stereocenters. The zero-order valence-electron chi connectivity index (χ0n) is 15.3. The van der Waals surface area contributed by atoms with Gasteiger partial charge in [-0.25, -0.2) is 9.18 Å². The van der Waals surface area contributed by atoms with Gasteiger partial charge in [0.15, 0.2) is 6.61 Å². The van der Waals surface area contributed by atoms with Gasteiger partial charge in [-0.1, -0.05) is 29.8 Å². The molecule has 3 rings (SSSR count).